The van der Waals surface area contributed by atoms with Crippen LogP contribution in [-0.4, -0.2) is 12.5 Å². The lowest BCUT2D eigenvalue weighted by Crippen LogP contribution is -2.24. The lowest BCUT2D eigenvalue weighted by Gasteiger charge is -2.12. The van der Waals surface area contributed by atoms with E-state index in [1.54, 1.807) is 0 Å². The van der Waals surface area contributed by atoms with Crippen LogP contribution in [0.5, 0.6) is 0 Å². The largest absolute Gasteiger partial charge is 0.351 e. The van der Waals surface area contributed by atoms with E-state index in [1.807, 2.05) is 11.4 Å². The summed E-state index contributed by atoms with van der Waals surface area (Å²) in [7, 11) is 0. The van der Waals surface area contributed by atoms with Crippen molar-refractivity contribution in [2.75, 3.05) is 6.54 Å². The van der Waals surface area contributed by atoms with Crippen LogP contribution in [0.15, 0.2) is 27.6 Å². The van der Waals surface area contributed by atoms with Gasteiger partial charge in [-0.25, -0.2) is 0 Å². The van der Waals surface area contributed by atoms with Crippen LogP contribution in [0, 0.1) is 0 Å². The van der Waals surface area contributed by atoms with Crippen molar-refractivity contribution in [1.82, 2.24) is 5.32 Å². The molecule has 0 saturated carbocycles. The molecule has 2 rings (SSSR count). The maximum atomic E-state index is 11.8. The van der Waals surface area contributed by atoms with Gasteiger partial charge in [-0.05, 0) is 59.5 Å². The Kier molecular flexibility index (Phi) is 4.80. The minimum Gasteiger partial charge on any atom is -0.351 e. The van der Waals surface area contributed by atoms with E-state index in [0.717, 1.165) is 22.3 Å². The molecule has 4 heteroatoms. The summed E-state index contributed by atoms with van der Waals surface area (Å²) in [5, 5.41) is 4.89. The molecule has 1 heterocycles. The third-order valence-electron chi connectivity index (χ3n) is 2.94. The second-order valence-corrected chi connectivity index (χ2v) is 5.98. The number of thiophene rings is 1. The van der Waals surface area contributed by atoms with Crippen LogP contribution in [-0.2, 0) is 0 Å². The summed E-state index contributed by atoms with van der Waals surface area (Å²) in [5.41, 5.74) is 1.50. The Morgan fingerprint density at radius 2 is 2.35 bits per heavy atom. The van der Waals surface area contributed by atoms with Crippen molar-refractivity contribution in [3.05, 3.63) is 32.4 Å². The fraction of sp³-hybridized carbons (Fsp3) is 0.462. The van der Waals surface area contributed by atoms with Gasteiger partial charge in [0.25, 0.3) is 5.91 Å². The molecule has 1 N–H and O–H groups in total. The Balaban J connectivity index is 1.77. The molecule has 1 amide bonds. The fourth-order valence-electron chi connectivity index (χ4n) is 2.00. The van der Waals surface area contributed by atoms with E-state index in [4.69, 9.17) is 0 Å². The van der Waals surface area contributed by atoms with Crippen LogP contribution >= 0.6 is 27.3 Å². The molecule has 1 aromatic rings. The highest BCUT2D eigenvalue weighted by Crippen LogP contribution is 2.22. The Bertz CT molecular complexity index is 425. The molecule has 0 saturated heterocycles. The Hall–Kier alpha value is -0.610. The van der Waals surface area contributed by atoms with Gasteiger partial charge >= 0.3 is 0 Å². The SMILES string of the molecule is O=C(NCCC1=CCCCC1)c1sccc1Br. The summed E-state index contributed by atoms with van der Waals surface area (Å²) in [4.78, 5) is 12.6. The lowest BCUT2D eigenvalue weighted by molar-refractivity contribution is 0.0957. The zero-order valence-electron chi connectivity index (χ0n) is 9.67. The molecular formula is C13H16BrNOS. The number of carbonyl (C=O) groups is 1. The van der Waals surface area contributed by atoms with Crippen molar-refractivity contribution in [2.24, 2.45) is 0 Å². The van der Waals surface area contributed by atoms with Gasteiger partial charge in [0.05, 0.1) is 0 Å². The third kappa shape index (κ3) is 3.68. The van der Waals surface area contributed by atoms with Crippen LogP contribution < -0.4 is 5.32 Å². The summed E-state index contributed by atoms with van der Waals surface area (Å²) in [5.74, 6) is 0.0308. The van der Waals surface area contributed by atoms with E-state index < -0.39 is 0 Å². The molecule has 2 nitrogen and oxygen atoms in total. The van der Waals surface area contributed by atoms with Gasteiger partial charge in [-0.3, -0.25) is 4.79 Å². The summed E-state index contributed by atoms with van der Waals surface area (Å²) in [6.45, 7) is 0.745. The van der Waals surface area contributed by atoms with Gasteiger partial charge in [-0.15, -0.1) is 11.3 Å². The summed E-state index contributed by atoms with van der Waals surface area (Å²) < 4.78 is 0.886. The number of nitrogens with one attached hydrogen (secondary N) is 1. The molecule has 92 valence electrons. The molecule has 1 aliphatic rings. The topological polar surface area (TPSA) is 29.1 Å². The van der Waals surface area contributed by atoms with Crippen molar-refractivity contribution in [2.45, 2.75) is 32.1 Å². The highest BCUT2D eigenvalue weighted by atomic mass is 79.9. The molecule has 0 radical (unpaired) electrons. The first-order valence-corrected chi connectivity index (χ1v) is 7.64. The smallest absolute Gasteiger partial charge is 0.262 e. The molecule has 0 bridgehead atoms. The predicted molar refractivity (Wildman–Crippen MR) is 75.5 cm³/mol. The van der Waals surface area contributed by atoms with Gasteiger partial charge in [-0.1, -0.05) is 11.6 Å². The van der Waals surface area contributed by atoms with Crippen LogP contribution in [0.2, 0.25) is 0 Å². The van der Waals surface area contributed by atoms with Gasteiger partial charge in [0, 0.05) is 11.0 Å². The zero-order chi connectivity index (χ0) is 12.1. The molecular weight excluding hydrogens is 298 g/mol. The minimum atomic E-state index is 0.0308. The van der Waals surface area contributed by atoms with Gasteiger partial charge in [0.1, 0.15) is 4.88 Å². The summed E-state index contributed by atoms with van der Waals surface area (Å²) in [6.07, 6.45) is 8.36. The fourth-order valence-corrected chi connectivity index (χ4v) is 3.47. The Morgan fingerprint density at radius 3 is 3.00 bits per heavy atom. The van der Waals surface area contributed by atoms with Gasteiger partial charge in [0.15, 0.2) is 0 Å². The standard InChI is InChI=1S/C13H16BrNOS/c14-11-7-9-17-12(11)13(16)15-8-6-10-4-2-1-3-5-10/h4,7,9H,1-3,5-6,8H2,(H,15,16). The highest BCUT2D eigenvalue weighted by Gasteiger charge is 2.11. The molecule has 1 aromatic heterocycles. The average Bonchev–Trinajstić information content (AvgIpc) is 2.77. The molecule has 0 fully saturated rings. The molecule has 0 atom stereocenters. The van der Waals surface area contributed by atoms with E-state index in [2.05, 4.69) is 27.3 Å². The summed E-state index contributed by atoms with van der Waals surface area (Å²) in [6, 6.07) is 1.91. The normalized spacial score (nSPS) is 15.5. The molecule has 0 aromatic carbocycles. The number of hydrogen-bond acceptors (Lipinski definition) is 2. The van der Waals surface area contributed by atoms with Gasteiger partial charge in [0.2, 0.25) is 0 Å². The van der Waals surface area contributed by atoms with Gasteiger partial charge < -0.3 is 5.32 Å². The second kappa shape index (κ2) is 6.36. The van der Waals surface area contributed by atoms with Crippen LogP contribution in [0.3, 0.4) is 0 Å². The van der Waals surface area contributed by atoms with Crippen molar-refractivity contribution < 1.29 is 4.79 Å². The van der Waals surface area contributed by atoms with Gasteiger partial charge in [-0.2, -0.15) is 0 Å². The first kappa shape index (κ1) is 12.8. The minimum absolute atomic E-state index is 0.0308. The molecule has 17 heavy (non-hydrogen) atoms. The van der Waals surface area contributed by atoms with Crippen LogP contribution in [0.4, 0.5) is 0 Å². The summed E-state index contributed by atoms with van der Waals surface area (Å²) >= 11 is 4.84. The molecule has 1 aliphatic carbocycles. The third-order valence-corrected chi connectivity index (χ3v) is 4.78. The van der Waals surface area contributed by atoms with Crippen LogP contribution in [0.1, 0.15) is 41.8 Å². The van der Waals surface area contributed by atoms with E-state index in [-0.39, 0.29) is 5.91 Å². The number of carbonyl (C=O) groups excluding carboxylic acids is 1. The number of amides is 1. The molecule has 0 unspecified atom stereocenters. The maximum absolute atomic E-state index is 11.8. The zero-order valence-corrected chi connectivity index (χ0v) is 12.1. The maximum Gasteiger partial charge on any atom is 0.262 e. The average molecular weight is 314 g/mol. The van der Waals surface area contributed by atoms with Crippen molar-refractivity contribution in [3.8, 4) is 0 Å². The molecule has 0 aliphatic heterocycles. The first-order valence-electron chi connectivity index (χ1n) is 5.96. The van der Waals surface area contributed by atoms with Crippen molar-refractivity contribution in [3.63, 3.8) is 0 Å². The number of rotatable bonds is 4. The van der Waals surface area contributed by atoms with E-state index >= 15 is 0 Å². The number of allylic oxidation sites excluding steroid dienone is 1. The quantitative estimate of drug-likeness (QED) is 0.832. The van der Waals surface area contributed by atoms with E-state index in [0.29, 0.717) is 0 Å². The highest BCUT2D eigenvalue weighted by molar-refractivity contribution is 9.10. The second-order valence-electron chi connectivity index (χ2n) is 4.21. The predicted octanol–water partition coefficient (Wildman–Crippen LogP) is 4.13. The monoisotopic (exact) mass is 313 g/mol. The van der Waals surface area contributed by atoms with Crippen molar-refractivity contribution >= 4 is 33.2 Å². The first-order chi connectivity index (χ1) is 8.27. The Morgan fingerprint density at radius 1 is 1.47 bits per heavy atom. The lowest BCUT2D eigenvalue weighted by atomic mass is 9.97. The molecule has 0 spiro atoms. The van der Waals surface area contributed by atoms with E-state index in [9.17, 15) is 4.79 Å². The van der Waals surface area contributed by atoms with Crippen molar-refractivity contribution in [1.29, 1.82) is 0 Å². The Labute approximate surface area is 114 Å². The number of hydrogen-bond donors (Lipinski definition) is 1. The van der Waals surface area contributed by atoms with Crippen LogP contribution in [0.25, 0.3) is 0 Å². The van der Waals surface area contributed by atoms with E-state index in [1.165, 1.54) is 42.6 Å². The number of halogens is 1.